The van der Waals surface area contributed by atoms with Crippen LogP contribution < -0.4 is 19.7 Å². The van der Waals surface area contributed by atoms with Crippen LogP contribution in [-0.2, 0) is 9.59 Å². The molecule has 7 heteroatoms. The van der Waals surface area contributed by atoms with E-state index in [1.165, 1.54) is 43.7 Å². The molecule has 7 nitrogen and oxygen atoms in total. The van der Waals surface area contributed by atoms with E-state index >= 15 is 0 Å². The topological polar surface area (TPSA) is 84.9 Å². The molecule has 5 rings (SSSR count). The van der Waals surface area contributed by atoms with E-state index < -0.39 is 17.8 Å². The summed E-state index contributed by atoms with van der Waals surface area (Å²) >= 11 is 0. The fraction of sp³-hybridized carbons (Fsp3) is 0.281. The van der Waals surface area contributed by atoms with Gasteiger partial charge in [0.1, 0.15) is 30.3 Å². The Balaban J connectivity index is 1.15. The summed E-state index contributed by atoms with van der Waals surface area (Å²) in [6.45, 7) is 2.65. The molecule has 39 heavy (non-hydrogen) atoms. The van der Waals surface area contributed by atoms with Crippen molar-refractivity contribution in [1.82, 2.24) is 5.32 Å². The molecule has 0 atom stereocenters. The maximum Gasteiger partial charge on any atom is 0.335 e. The van der Waals surface area contributed by atoms with Crippen LogP contribution in [0.5, 0.6) is 11.5 Å². The molecule has 1 aliphatic heterocycles. The monoisotopic (exact) mass is 524 g/mol. The Hall–Kier alpha value is -4.39. The number of amides is 4. The van der Waals surface area contributed by atoms with Crippen LogP contribution in [0.15, 0.2) is 78.4 Å². The zero-order chi connectivity index (χ0) is 27.2. The van der Waals surface area contributed by atoms with E-state index in [0.717, 1.165) is 16.2 Å². The number of hydrogen-bond acceptors (Lipinski definition) is 5. The van der Waals surface area contributed by atoms with Crippen LogP contribution in [0.4, 0.5) is 10.5 Å². The molecule has 0 unspecified atom stereocenters. The third kappa shape index (κ3) is 6.37. The molecule has 1 heterocycles. The summed E-state index contributed by atoms with van der Waals surface area (Å²) in [5, 5.41) is 2.25. The predicted molar refractivity (Wildman–Crippen MR) is 150 cm³/mol. The number of hydrogen-bond donors (Lipinski definition) is 1. The van der Waals surface area contributed by atoms with Gasteiger partial charge in [-0.1, -0.05) is 55.7 Å². The Labute approximate surface area is 228 Å². The number of urea groups is 1. The van der Waals surface area contributed by atoms with Crippen molar-refractivity contribution in [2.75, 3.05) is 18.1 Å². The summed E-state index contributed by atoms with van der Waals surface area (Å²) in [5.74, 6) is 0.754. The van der Waals surface area contributed by atoms with Crippen LogP contribution >= 0.6 is 0 Å². The molecular weight excluding hydrogens is 492 g/mol. The van der Waals surface area contributed by atoms with Crippen LogP contribution in [-0.4, -0.2) is 31.1 Å². The van der Waals surface area contributed by atoms with Crippen molar-refractivity contribution in [3.05, 3.63) is 95.1 Å². The van der Waals surface area contributed by atoms with Gasteiger partial charge in [-0.25, -0.2) is 9.69 Å². The van der Waals surface area contributed by atoms with Crippen molar-refractivity contribution < 1.29 is 23.9 Å². The zero-order valence-corrected chi connectivity index (χ0v) is 22.0. The van der Waals surface area contributed by atoms with E-state index in [0.29, 0.717) is 36.1 Å². The minimum atomic E-state index is -0.765. The normalized spacial score (nSPS) is 17.3. The number of rotatable bonds is 8. The van der Waals surface area contributed by atoms with Gasteiger partial charge in [0.25, 0.3) is 11.8 Å². The van der Waals surface area contributed by atoms with Crippen molar-refractivity contribution in [3.8, 4) is 11.5 Å². The summed E-state index contributed by atoms with van der Waals surface area (Å²) in [6.07, 6.45) is 8.01. The Bertz CT molecular complexity index is 1370. The lowest BCUT2D eigenvalue weighted by Crippen LogP contribution is -2.54. The summed E-state index contributed by atoms with van der Waals surface area (Å²) in [6, 6.07) is 21.7. The molecule has 1 saturated carbocycles. The molecule has 1 N–H and O–H groups in total. The summed E-state index contributed by atoms with van der Waals surface area (Å²) in [5.41, 5.74) is 3.21. The van der Waals surface area contributed by atoms with Gasteiger partial charge < -0.3 is 9.47 Å². The van der Waals surface area contributed by atoms with Gasteiger partial charge in [0.05, 0.1) is 5.69 Å². The van der Waals surface area contributed by atoms with Crippen molar-refractivity contribution >= 4 is 29.6 Å². The molecular formula is C32H32N2O5. The fourth-order valence-electron chi connectivity index (χ4n) is 5.08. The third-order valence-electron chi connectivity index (χ3n) is 7.13. The maximum absolute atomic E-state index is 13.1. The first-order chi connectivity index (χ1) is 19.0. The standard InChI is InChI=1S/C32H32N2O5/c1-22-6-5-9-26(20-22)34-31(36)29(30(35)33-32(34)37)21-23-10-14-27(15-11-23)38-18-19-39-28-16-12-25(13-17-28)24-7-3-2-4-8-24/h5-6,9-17,20-21,24H,2-4,7-8,18-19H2,1H3,(H,33,35,37)/b29-21-. The van der Waals surface area contributed by atoms with Gasteiger partial charge in [-0.2, -0.15) is 0 Å². The first kappa shape index (κ1) is 26.2. The Morgan fingerprint density at radius 1 is 0.846 bits per heavy atom. The van der Waals surface area contributed by atoms with E-state index in [1.807, 2.05) is 25.1 Å². The first-order valence-corrected chi connectivity index (χ1v) is 13.4. The Kier molecular flexibility index (Phi) is 8.06. The number of aryl methyl sites for hydroxylation is 1. The Morgan fingerprint density at radius 2 is 1.49 bits per heavy atom. The van der Waals surface area contributed by atoms with Crippen molar-refractivity contribution in [1.29, 1.82) is 0 Å². The second-order valence-electron chi connectivity index (χ2n) is 9.97. The number of carbonyl (C=O) groups is 3. The quantitative estimate of drug-likeness (QED) is 0.217. The van der Waals surface area contributed by atoms with Gasteiger partial charge in [0.15, 0.2) is 0 Å². The smallest absolute Gasteiger partial charge is 0.335 e. The highest BCUT2D eigenvalue weighted by atomic mass is 16.5. The van der Waals surface area contributed by atoms with Crippen molar-refractivity contribution in [3.63, 3.8) is 0 Å². The molecule has 2 aliphatic rings. The number of barbiturate groups is 1. The molecule has 3 aromatic carbocycles. The minimum Gasteiger partial charge on any atom is -0.490 e. The second kappa shape index (κ2) is 12.0. The molecule has 1 aliphatic carbocycles. The predicted octanol–water partition coefficient (Wildman–Crippen LogP) is 6.17. The highest BCUT2D eigenvalue weighted by molar-refractivity contribution is 6.39. The molecule has 2 fully saturated rings. The molecule has 0 spiro atoms. The van der Waals surface area contributed by atoms with Crippen LogP contribution in [0.3, 0.4) is 0 Å². The van der Waals surface area contributed by atoms with E-state index in [2.05, 4.69) is 17.4 Å². The number of nitrogens with zero attached hydrogens (tertiary/aromatic N) is 1. The summed E-state index contributed by atoms with van der Waals surface area (Å²) < 4.78 is 11.6. The SMILES string of the molecule is Cc1cccc(N2C(=O)NC(=O)/C(=C/c3ccc(OCCOc4ccc(C5CCCCC5)cc4)cc3)C2=O)c1. The van der Waals surface area contributed by atoms with Crippen LogP contribution in [0.1, 0.15) is 54.7 Å². The first-order valence-electron chi connectivity index (χ1n) is 13.4. The number of imide groups is 2. The van der Waals surface area contributed by atoms with E-state index in [1.54, 1.807) is 42.5 Å². The third-order valence-corrected chi connectivity index (χ3v) is 7.13. The summed E-state index contributed by atoms with van der Waals surface area (Å²) in [4.78, 5) is 38.9. The number of benzene rings is 3. The van der Waals surface area contributed by atoms with Crippen molar-refractivity contribution in [2.24, 2.45) is 0 Å². The largest absolute Gasteiger partial charge is 0.490 e. The van der Waals surface area contributed by atoms with Gasteiger partial charge in [-0.3, -0.25) is 14.9 Å². The van der Waals surface area contributed by atoms with Gasteiger partial charge in [-0.05, 0) is 84.8 Å². The molecule has 1 saturated heterocycles. The van der Waals surface area contributed by atoms with Crippen LogP contribution in [0.2, 0.25) is 0 Å². The average molecular weight is 525 g/mol. The van der Waals surface area contributed by atoms with Gasteiger partial charge in [0.2, 0.25) is 0 Å². The number of anilines is 1. The van der Waals surface area contributed by atoms with Crippen LogP contribution in [0.25, 0.3) is 6.08 Å². The average Bonchev–Trinajstić information content (AvgIpc) is 2.95. The number of ether oxygens (including phenoxy) is 2. The molecule has 4 amide bonds. The van der Waals surface area contributed by atoms with E-state index in [4.69, 9.17) is 9.47 Å². The lowest BCUT2D eigenvalue weighted by molar-refractivity contribution is -0.122. The molecule has 0 aromatic heterocycles. The number of nitrogens with one attached hydrogen (secondary N) is 1. The van der Waals surface area contributed by atoms with E-state index in [9.17, 15) is 14.4 Å². The number of carbonyl (C=O) groups excluding carboxylic acids is 3. The highest BCUT2D eigenvalue weighted by Gasteiger charge is 2.36. The van der Waals surface area contributed by atoms with Gasteiger partial charge >= 0.3 is 6.03 Å². The van der Waals surface area contributed by atoms with Crippen LogP contribution in [0, 0.1) is 6.92 Å². The van der Waals surface area contributed by atoms with Crippen molar-refractivity contribution in [2.45, 2.75) is 44.9 Å². The zero-order valence-electron chi connectivity index (χ0n) is 22.0. The lowest BCUT2D eigenvalue weighted by Gasteiger charge is -2.26. The molecule has 3 aromatic rings. The maximum atomic E-state index is 13.1. The highest BCUT2D eigenvalue weighted by Crippen LogP contribution is 2.33. The second-order valence-corrected chi connectivity index (χ2v) is 9.97. The molecule has 0 bridgehead atoms. The Morgan fingerprint density at radius 3 is 2.13 bits per heavy atom. The minimum absolute atomic E-state index is 0.118. The lowest BCUT2D eigenvalue weighted by atomic mass is 9.84. The van der Waals surface area contributed by atoms with Gasteiger partial charge in [0, 0.05) is 0 Å². The molecule has 200 valence electrons. The summed E-state index contributed by atoms with van der Waals surface area (Å²) in [7, 11) is 0. The van der Waals surface area contributed by atoms with Gasteiger partial charge in [-0.15, -0.1) is 0 Å². The van der Waals surface area contributed by atoms with E-state index in [-0.39, 0.29) is 5.57 Å². The molecule has 0 radical (unpaired) electrons. The fourth-order valence-corrected chi connectivity index (χ4v) is 5.08.